The van der Waals surface area contributed by atoms with Crippen LogP contribution < -0.4 is 0 Å². The number of terminal acetylenes is 1. The molecule has 1 heteroatoms. The van der Waals surface area contributed by atoms with Crippen LogP contribution in [0, 0.1) is 18.3 Å². The van der Waals surface area contributed by atoms with Gasteiger partial charge in [-0.3, -0.25) is 0 Å². The van der Waals surface area contributed by atoms with Gasteiger partial charge in [-0.2, -0.15) is 0 Å². The smallest absolute Gasteiger partial charge is 0.0433 e. The van der Waals surface area contributed by atoms with Crippen molar-refractivity contribution < 1.29 is 5.11 Å². The number of rotatable bonds is 3. The van der Waals surface area contributed by atoms with Crippen LogP contribution in [-0.4, -0.2) is 11.7 Å². The van der Waals surface area contributed by atoms with Gasteiger partial charge in [0.2, 0.25) is 0 Å². The molecule has 0 aromatic rings. The molecule has 1 atom stereocenters. The Morgan fingerprint density at radius 1 is 1.75 bits per heavy atom. The summed E-state index contributed by atoms with van der Waals surface area (Å²) in [6.45, 7) is 2.29. The fourth-order valence-corrected chi connectivity index (χ4v) is 0.524. The van der Waals surface area contributed by atoms with E-state index >= 15 is 0 Å². The Morgan fingerprint density at radius 3 is 2.75 bits per heavy atom. The molecule has 0 fully saturated rings. The van der Waals surface area contributed by atoms with Gasteiger partial charge in [0.05, 0.1) is 0 Å². The molecule has 46 valence electrons. The van der Waals surface area contributed by atoms with E-state index in [1.165, 1.54) is 0 Å². The van der Waals surface area contributed by atoms with Crippen molar-refractivity contribution in [1.82, 2.24) is 0 Å². The van der Waals surface area contributed by atoms with Crippen molar-refractivity contribution in [2.75, 3.05) is 6.61 Å². The fourth-order valence-electron chi connectivity index (χ4n) is 0.524. The third-order valence-electron chi connectivity index (χ3n) is 1.09. The molecule has 1 nitrogen and oxygen atoms in total. The maximum atomic E-state index is 8.39. The monoisotopic (exact) mass is 112 g/mol. The molecule has 0 saturated carbocycles. The summed E-state index contributed by atoms with van der Waals surface area (Å²) in [5, 5.41) is 8.39. The van der Waals surface area contributed by atoms with Crippen LogP contribution in [-0.2, 0) is 0 Å². The predicted molar refractivity (Wildman–Crippen MR) is 34.3 cm³/mol. The molecule has 0 aliphatic rings. The van der Waals surface area contributed by atoms with Gasteiger partial charge in [0.15, 0.2) is 0 Å². The molecule has 0 amide bonds. The van der Waals surface area contributed by atoms with Gasteiger partial charge in [-0.05, 0) is 12.3 Å². The first-order valence-electron chi connectivity index (χ1n) is 2.85. The first-order chi connectivity index (χ1) is 3.81. The molecule has 8 heavy (non-hydrogen) atoms. The van der Waals surface area contributed by atoms with Crippen molar-refractivity contribution in [2.45, 2.75) is 19.8 Å². The summed E-state index contributed by atoms with van der Waals surface area (Å²) in [6, 6.07) is 0. The highest BCUT2D eigenvalue weighted by atomic mass is 16.2. The van der Waals surface area contributed by atoms with E-state index in [0.29, 0.717) is 5.92 Å². The first-order valence-corrected chi connectivity index (χ1v) is 2.85. The van der Waals surface area contributed by atoms with Gasteiger partial charge >= 0.3 is 0 Å². The van der Waals surface area contributed by atoms with Crippen molar-refractivity contribution in [3.8, 4) is 12.3 Å². The molecule has 0 bridgehead atoms. The Hall–Kier alpha value is -0.480. The van der Waals surface area contributed by atoms with E-state index in [9.17, 15) is 0 Å². The molecule has 0 aromatic heterocycles. The second-order valence-corrected chi connectivity index (χ2v) is 2.03. The molecule has 0 spiro atoms. The fraction of sp³-hybridized carbons (Fsp3) is 0.714. The number of aliphatic hydroxyl groups excluding tert-OH is 1. The summed E-state index contributed by atoms with van der Waals surface area (Å²) >= 11 is 0. The van der Waals surface area contributed by atoms with E-state index < -0.39 is 0 Å². The Labute approximate surface area is 50.7 Å². The molecule has 0 aliphatic carbocycles. The summed E-state index contributed by atoms with van der Waals surface area (Å²) < 4.78 is 0. The van der Waals surface area contributed by atoms with Crippen LogP contribution >= 0.6 is 0 Å². The molecule has 0 aliphatic heterocycles. The van der Waals surface area contributed by atoms with Gasteiger partial charge < -0.3 is 5.11 Å². The molecule has 0 heterocycles. The minimum atomic E-state index is 0.253. The molecule has 0 unspecified atom stereocenters. The maximum Gasteiger partial charge on any atom is 0.0433 e. The van der Waals surface area contributed by atoms with Gasteiger partial charge in [0.1, 0.15) is 0 Å². The second-order valence-electron chi connectivity index (χ2n) is 2.03. The second kappa shape index (κ2) is 4.67. The van der Waals surface area contributed by atoms with Gasteiger partial charge in [-0.25, -0.2) is 0 Å². The summed E-state index contributed by atoms with van der Waals surface area (Å²) in [5.41, 5.74) is 0. The molecular formula is C7H12O. The minimum absolute atomic E-state index is 0.253. The molecule has 0 saturated heterocycles. The standard InChI is InChI=1S/C7H12O/c1-3-4-7(2)5-6-8/h1,7-8H,4-6H2,2H3/t7-/m0/s1. The largest absolute Gasteiger partial charge is 0.396 e. The van der Waals surface area contributed by atoms with E-state index in [4.69, 9.17) is 11.5 Å². The third kappa shape index (κ3) is 3.70. The van der Waals surface area contributed by atoms with Crippen LogP contribution in [0.15, 0.2) is 0 Å². The zero-order valence-electron chi connectivity index (χ0n) is 5.22. The van der Waals surface area contributed by atoms with Crippen molar-refractivity contribution in [3.05, 3.63) is 0 Å². The van der Waals surface area contributed by atoms with Crippen molar-refractivity contribution in [2.24, 2.45) is 5.92 Å². The molecule has 0 aromatic carbocycles. The van der Waals surface area contributed by atoms with Crippen LogP contribution in [0.5, 0.6) is 0 Å². The lowest BCUT2D eigenvalue weighted by Gasteiger charge is -2.01. The van der Waals surface area contributed by atoms with Crippen LogP contribution in [0.2, 0.25) is 0 Å². The Kier molecular flexibility index (Phi) is 4.39. The van der Waals surface area contributed by atoms with E-state index in [-0.39, 0.29) is 6.61 Å². The summed E-state index contributed by atoms with van der Waals surface area (Å²) in [5.74, 6) is 3.02. The lowest BCUT2D eigenvalue weighted by molar-refractivity contribution is 0.264. The zero-order valence-corrected chi connectivity index (χ0v) is 5.22. The summed E-state index contributed by atoms with van der Waals surface area (Å²) in [7, 11) is 0. The predicted octanol–water partition coefficient (Wildman–Crippen LogP) is 1.03. The molecule has 0 radical (unpaired) electrons. The highest BCUT2D eigenvalue weighted by Gasteiger charge is 1.95. The Morgan fingerprint density at radius 2 is 2.38 bits per heavy atom. The van der Waals surface area contributed by atoms with Crippen molar-refractivity contribution >= 4 is 0 Å². The van der Waals surface area contributed by atoms with E-state index in [1.807, 2.05) is 6.92 Å². The maximum absolute atomic E-state index is 8.39. The number of aliphatic hydroxyl groups is 1. The highest BCUT2D eigenvalue weighted by molar-refractivity contribution is 4.85. The van der Waals surface area contributed by atoms with Crippen LogP contribution in [0.3, 0.4) is 0 Å². The summed E-state index contributed by atoms with van der Waals surface area (Å²) in [4.78, 5) is 0. The van der Waals surface area contributed by atoms with Crippen molar-refractivity contribution in [1.29, 1.82) is 0 Å². The van der Waals surface area contributed by atoms with E-state index in [1.54, 1.807) is 0 Å². The number of hydrogen-bond acceptors (Lipinski definition) is 1. The van der Waals surface area contributed by atoms with Crippen LogP contribution in [0.1, 0.15) is 19.8 Å². The molecular weight excluding hydrogens is 100 g/mol. The first kappa shape index (κ1) is 7.52. The number of hydrogen-bond donors (Lipinski definition) is 1. The third-order valence-corrected chi connectivity index (χ3v) is 1.09. The van der Waals surface area contributed by atoms with Crippen LogP contribution in [0.25, 0.3) is 0 Å². The Balaban J connectivity index is 3.08. The van der Waals surface area contributed by atoms with Gasteiger partial charge in [-0.15, -0.1) is 12.3 Å². The minimum Gasteiger partial charge on any atom is -0.396 e. The SMILES string of the molecule is C#CC[C@H](C)CCO. The van der Waals surface area contributed by atoms with Gasteiger partial charge in [-0.1, -0.05) is 6.92 Å². The average Bonchev–Trinajstić information content (AvgIpc) is 1.68. The van der Waals surface area contributed by atoms with E-state index in [0.717, 1.165) is 12.8 Å². The van der Waals surface area contributed by atoms with Crippen molar-refractivity contribution in [3.63, 3.8) is 0 Å². The molecule has 0 rings (SSSR count). The lowest BCUT2D eigenvalue weighted by Crippen LogP contribution is -1.95. The zero-order chi connectivity index (χ0) is 6.41. The lowest BCUT2D eigenvalue weighted by atomic mass is 10.1. The highest BCUT2D eigenvalue weighted by Crippen LogP contribution is 2.03. The Bertz CT molecular complexity index is 80.9. The normalized spacial score (nSPS) is 12.6. The summed E-state index contributed by atoms with van der Waals surface area (Å²) in [6.07, 6.45) is 6.63. The average molecular weight is 112 g/mol. The molecule has 1 N–H and O–H groups in total. The topological polar surface area (TPSA) is 20.2 Å². The van der Waals surface area contributed by atoms with E-state index in [2.05, 4.69) is 5.92 Å². The van der Waals surface area contributed by atoms with Gasteiger partial charge in [0.25, 0.3) is 0 Å². The van der Waals surface area contributed by atoms with Gasteiger partial charge in [0, 0.05) is 13.0 Å². The van der Waals surface area contributed by atoms with Crippen LogP contribution in [0.4, 0.5) is 0 Å². The quantitative estimate of drug-likeness (QED) is 0.540.